The van der Waals surface area contributed by atoms with E-state index in [1.807, 2.05) is 81.4 Å². The maximum Gasteiger partial charge on any atom is 0.408 e. The van der Waals surface area contributed by atoms with Crippen LogP contribution in [0.25, 0.3) is 0 Å². The van der Waals surface area contributed by atoms with Gasteiger partial charge in [0.05, 0.1) is 23.7 Å². The van der Waals surface area contributed by atoms with Gasteiger partial charge in [0.15, 0.2) is 0 Å². The Balaban J connectivity index is 1.79. The highest BCUT2D eigenvalue weighted by Gasteiger charge is 2.74. The van der Waals surface area contributed by atoms with Crippen LogP contribution in [0.5, 0.6) is 0 Å². The van der Waals surface area contributed by atoms with Crippen LogP contribution in [0, 0.1) is 11.3 Å². The van der Waals surface area contributed by atoms with Gasteiger partial charge in [-0.1, -0.05) is 102 Å². The van der Waals surface area contributed by atoms with Gasteiger partial charge >= 0.3 is 12.3 Å². The number of carbonyl (C=O) groups excluding carboxylic acids is 1. The third-order valence-electron chi connectivity index (χ3n) is 9.82. The van der Waals surface area contributed by atoms with Gasteiger partial charge in [0.2, 0.25) is 5.91 Å². The summed E-state index contributed by atoms with van der Waals surface area (Å²) >= 11 is 0. The monoisotopic (exact) mass is 602 g/mol. The number of nitrogens with zero attached hydrogens (tertiary/aromatic N) is 2. The van der Waals surface area contributed by atoms with E-state index in [1.54, 1.807) is 0 Å². The van der Waals surface area contributed by atoms with E-state index in [4.69, 9.17) is 4.43 Å². The van der Waals surface area contributed by atoms with Gasteiger partial charge in [-0.25, -0.2) is 4.79 Å². The Bertz CT molecular complexity index is 1290. The van der Waals surface area contributed by atoms with Gasteiger partial charge in [-0.15, -0.1) is 0 Å². The predicted molar refractivity (Wildman–Crippen MR) is 157 cm³/mol. The number of piperidine rings is 2. The van der Waals surface area contributed by atoms with Crippen molar-refractivity contribution in [2.75, 3.05) is 6.54 Å². The van der Waals surface area contributed by atoms with Crippen LogP contribution in [-0.4, -0.2) is 71.7 Å². The largest absolute Gasteiger partial charge is 0.465 e. The van der Waals surface area contributed by atoms with Gasteiger partial charge in [0.25, 0.3) is 8.32 Å². The zero-order valence-corrected chi connectivity index (χ0v) is 26.1. The fourth-order valence-electron chi connectivity index (χ4n) is 8.30. The van der Waals surface area contributed by atoms with E-state index in [0.29, 0.717) is 12.8 Å². The summed E-state index contributed by atoms with van der Waals surface area (Å²) in [5.41, 5.74) is -1.70. The normalized spacial score (nSPS) is 27.8. The van der Waals surface area contributed by atoms with Crippen molar-refractivity contribution >= 4 is 30.7 Å². The minimum absolute atomic E-state index is 0.133. The van der Waals surface area contributed by atoms with E-state index in [-0.39, 0.29) is 12.5 Å². The summed E-state index contributed by atoms with van der Waals surface area (Å²) in [4.78, 5) is 29.3. The third-order valence-corrected chi connectivity index (χ3v) is 14.8. The molecule has 0 unspecified atom stereocenters. The maximum atomic E-state index is 13.6. The number of halogens is 3. The van der Waals surface area contributed by atoms with Crippen LogP contribution in [0.15, 0.2) is 60.7 Å². The lowest BCUT2D eigenvalue weighted by molar-refractivity contribution is -0.166. The number of carbonyl (C=O) groups is 2. The van der Waals surface area contributed by atoms with Crippen molar-refractivity contribution < 1.29 is 32.3 Å². The first-order valence-electron chi connectivity index (χ1n) is 14.6. The molecule has 3 saturated heterocycles. The highest BCUT2D eigenvalue weighted by Crippen LogP contribution is 2.60. The van der Waals surface area contributed by atoms with Gasteiger partial charge in [-0.3, -0.25) is 9.69 Å². The lowest BCUT2D eigenvalue weighted by Gasteiger charge is -2.56. The molecule has 1 N–H and O–H groups in total. The zero-order valence-electron chi connectivity index (χ0n) is 25.1. The fraction of sp³-hybridized carbons (Fsp3) is 0.562. The van der Waals surface area contributed by atoms with Crippen LogP contribution in [0.2, 0.25) is 5.04 Å². The zero-order chi connectivity index (χ0) is 30.9. The van der Waals surface area contributed by atoms with E-state index >= 15 is 0 Å². The molecule has 3 aliphatic rings. The first-order valence-corrected chi connectivity index (χ1v) is 16.5. The second-order valence-corrected chi connectivity index (χ2v) is 18.5. The fourth-order valence-corrected chi connectivity index (χ4v) is 13.0. The Kier molecular flexibility index (Phi) is 7.37. The lowest BCUT2D eigenvalue weighted by Crippen LogP contribution is -2.72. The SMILES string of the molecule is CC(C)(C)[C@@]12C[C@H]3C[C@H]([C@@H]([C@@H]1O[Si](c1ccccc1)(c1ccccc1)C(C)(C)C)N(C(=O)CC(F)(F)F)C3)N2C(=O)O. The summed E-state index contributed by atoms with van der Waals surface area (Å²) in [6, 6.07) is 18.3. The average molecular weight is 603 g/mol. The molecule has 42 heavy (non-hydrogen) atoms. The van der Waals surface area contributed by atoms with Crippen LogP contribution in [-0.2, 0) is 9.22 Å². The summed E-state index contributed by atoms with van der Waals surface area (Å²) in [7, 11) is -3.29. The summed E-state index contributed by atoms with van der Waals surface area (Å²) in [5.74, 6) is -1.15. The van der Waals surface area contributed by atoms with E-state index in [1.165, 1.54) is 9.80 Å². The van der Waals surface area contributed by atoms with E-state index in [9.17, 15) is 27.9 Å². The van der Waals surface area contributed by atoms with Gasteiger partial charge < -0.3 is 14.4 Å². The molecule has 5 atom stereocenters. The highest BCUT2D eigenvalue weighted by atomic mass is 28.4. The van der Waals surface area contributed by atoms with Crippen LogP contribution in [0.1, 0.15) is 60.8 Å². The van der Waals surface area contributed by atoms with Crippen molar-refractivity contribution in [1.82, 2.24) is 9.80 Å². The molecule has 2 amide bonds. The smallest absolute Gasteiger partial charge is 0.408 e. The predicted octanol–water partition coefficient (Wildman–Crippen LogP) is 5.65. The third kappa shape index (κ3) is 4.65. The number of alkyl halides is 3. The molecule has 0 aromatic heterocycles. The first kappa shape index (κ1) is 30.6. The standard InChI is InChI=1S/C32H41F3N2O4Si/c1-29(2,3)31-18-21-17-24(37(31)28(39)40)26(36(20-21)25(38)19-32(33,34)35)27(31)41-42(30(4,5)6,22-13-9-7-10-14-22)23-15-11-8-12-16-23/h7-16,21,24,26-27H,17-20H2,1-6H3,(H,39,40)/t21-,24-,26+,27+,31-/m1/s1. The topological polar surface area (TPSA) is 70.1 Å². The molecule has 10 heteroatoms. The van der Waals surface area contributed by atoms with Gasteiger partial charge in [0.1, 0.15) is 6.42 Å². The molecule has 228 valence electrons. The van der Waals surface area contributed by atoms with E-state index in [0.717, 1.165) is 10.4 Å². The van der Waals surface area contributed by atoms with Crippen LogP contribution >= 0.6 is 0 Å². The number of hydrogen-bond acceptors (Lipinski definition) is 3. The Morgan fingerprint density at radius 3 is 1.90 bits per heavy atom. The second kappa shape index (κ2) is 10.1. The van der Waals surface area contributed by atoms with Crippen molar-refractivity contribution in [3.63, 3.8) is 0 Å². The number of amides is 2. The van der Waals surface area contributed by atoms with Crippen molar-refractivity contribution in [3.8, 4) is 0 Å². The molecular weight excluding hydrogens is 561 g/mol. The summed E-state index contributed by atoms with van der Waals surface area (Å²) in [6.07, 6.45) is -7.32. The first-order chi connectivity index (χ1) is 19.4. The molecule has 5 rings (SSSR count). The molecule has 3 heterocycles. The van der Waals surface area contributed by atoms with Crippen molar-refractivity contribution in [2.45, 2.75) is 95.7 Å². The molecule has 0 spiro atoms. The number of hydrogen-bond donors (Lipinski definition) is 1. The Hall–Kier alpha value is -2.85. The summed E-state index contributed by atoms with van der Waals surface area (Å²) in [5, 5.41) is 12.2. The Morgan fingerprint density at radius 2 is 1.48 bits per heavy atom. The van der Waals surface area contributed by atoms with Crippen molar-refractivity contribution in [2.24, 2.45) is 11.3 Å². The quantitative estimate of drug-likeness (QED) is 0.449. The minimum Gasteiger partial charge on any atom is -0.465 e. The summed E-state index contributed by atoms with van der Waals surface area (Å²) in [6.45, 7) is 12.5. The number of rotatable bonds is 5. The molecule has 3 aliphatic heterocycles. The van der Waals surface area contributed by atoms with Crippen molar-refractivity contribution in [1.29, 1.82) is 0 Å². The van der Waals surface area contributed by atoms with Crippen LogP contribution in [0.4, 0.5) is 18.0 Å². The highest BCUT2D eigenvalue weighted by molar-refractivity contribution is 6.99. The summed E-state index contributed by atoms with van der Waals surface area (Å²) < 4.78 is 48.4. The van der Waals surface area contributed by atoms with E-state index < -0.39 is 67.1 Å². The second-order valence-electron chi connectivity index (χ2n) is 14.2. The minimum atomic E-state index is -4.67. The lowest BCUT2D eigenvalue weighted by atomic mass is 9.65. The molecule has 3 fully saturated rings. The Morgan fingerprint density at radius 1 is 0.952 bits per heavy atom. The number of likely N-dealkylation sites (tertiary alicyclic amines) is 1. The maximum absolute atomic E-state index is 13.6. The average Bonchev–Trinajstić information content (AvgIpc) is 2.98. The number of fused-ring (bicyclic) bond motifs is 2. The van der Waals surface area contributed by atoms with Crippen LogP contribution < -0.4 is 10.4 Å². The van der Waals surface area contributed by atoms with Gasteiger partial charge in [-0.2, -0.15) is 13.2 Å². The molecule has 0 radical (unpaired) electrons. The number of benzene rings is 2. The van der Waals surface area contributed by atoms with Gasteiger partial charge in [-0.05, 0) is 39.6 Å². The molecule has 3 bridgehead atoms. The number of carboxylic acid groups (broad SMARTS) is 1. The molecular formula is C32H41F3N2O4Si. The molecule has 0 aliphatic carbocycles. The van der Waals surface area contributed by atoms with Crippen molar-refractivity contribution in [3.05, 3.63) is 60.7 Å². The Labute approximate surface area is 247 Å². The van der Waals surface area contributed by atoms with E-state index in [2.05, 4.69) is 20.8 Å². The molecule has 6 nitrogen and oxygen atoms in total. The molecule has 2 aromatic rings. The molecule has 2 aromatic carbocycles. The van der Waals surface area contributed by atoms with Gasteiger partial charge in [0, 0.05) is 6.54 Å². The molecule has 0 saturated carbocycles. The van der Waals surface area contributed by atoms with Crippen LogP contribution in [0.3, 0.4) is 0 Å².